The molecule has 1 N–H and O–H groups in total. The Morgan fingerprint density at radius 1 is 1.07 bits per heavy atom. The zero-order chi connectivity index (χ0) is 19.1. The van der Waals surface area contributed by atoms with E-state index in [2.05, 4.69) is 15.9 Å². The highest BCUT2D eigenvalue weighted by atomic mass is 79.9. The first kappa shape index (κ1) is 17.8. The molecule has 1 heterocycles. The molecule has 1 aromatic heterocycles. The van der Waals surface area contributed by atoms with E-state index >= 15 is 0 Å². The van der Waals surface area contributed by atoms with E-state index in [1.54, 1.807) is 12.1 Å². The Morgan fingerprint density at radius 2 is 1.85 bits per heavy atom. The summed E-state index contributed by atoms with van der Waals surface area (Å²) in [6, 6.07) is 16.9. The predicted octanol–water partition coefficient (Wildman–Crippen LogP) is 6.95. The highest BCUT2D eigenvalue weighted by Gasteiger charge is 2.22. The first-order chi connectivity index (χ1) is 12.9. The maximum absolute atomic E-state index is 13.0. The number of halogens is 1. The number of furan rings is 1. The third-order valence-corrected chi connectivity index (χ3v) is 5.27. The lowest BCUT2D eigenvalue weighted by molar-refractivity contribution is 0.0969. The molecule has 0 saturated carbocycles. The lowest BCUT2D eigenvalue weighted by Gasteiger charge is -2.08. The summed E-state index contributed by atoms with van der Waals surface area (Å²) in [5.41, 5.74) is 2.20. The van der Waals surface area contributed by atoms with E-state index in [0.717, 1.165) is 26.2 Å². The maximum atomic E-state index is 13.0. The molecule has 0 amide bonds. The summed E-state index contributed by atoms with van der Waals surface area (Å²) in [6.07, 6.45) is 0.474. The molecular formula is C23H19BrO3. The Kier molecular flexibility index (Phi) is 4.52. The fourth-order valence-electron chi connectivity index (χ4n) is 3.44. The number of benzene rings is 3. The summed E-state index contributed by atoms with van der Waals surface area (Å²) in [6.45, 7) is 4.08. The van der Waals surface area contributed by atoms with Crippen LogP contribution in [0.5, 0.6) is 5.75 Å². The molecule has 0 bridgehead atoms. The van der Waals surface area contributed by atoms with Crippen molar-refractivity contribution >= 4 is 43.5 Å². The molecule has 0 radical (unpaired) electrons. The van der Waals surface area contributed by atoms with Gasteiger partial charge in [0.25, 0.3) is 0 Å². The summed E-state index contributed by atoms with van der Waals surface area (Å²) in [5, 5.41) is 12.5. The molecule has 4 rings (SSSR count). The van der Waals surface area contributed by atoms with Crippen molar-refractivity contribution in [2.75, 3.05) is 0 Å². The van der Waals surface area contributed by atoms with Gasteiger partial charge < -0.3 is 9.52 Å². The van der Waals surface area contributed by atoms with E-state index in [1.807, 2.05) is 56.3 Å². The van der Waals surface area contributed by atoms with Crippen LogP contribution in [0.25, 0.3) is 33.1 Å². The van der Waals surface area contributed by atoms with Crippen LogP contribution in [0.3, 0.4) is 0 Å². The van der Waals surface area contributed by atoms with E-state index in [9.17, 15) is 9.90 Å². The van der Waals surface area contributed by atoms with Gasteiger partial charge in [-0.3, -0.25) is 4.79 Å². The maximum Gasteiger partial charge on any atom is 0.167 e. The standard InChI is InChI=1S/C23H19BrO3/c1-13(2)9-20(26)22-17-5-3-4-6-21(17)27-23(22)15-8-7-14-10-16(25)12-19(24)18(14)11-15/h3-8,10-13,25H,9H2,1-2H3. The Labute approximate surface area is 165 Å². The zero-order valence-electron chi connectivity index (χ0n) is 15.1. The van der Waals surface area contributed by atoms with Gasteiger partial charge in [0.15, 0.2) is 5.78 Å². The number of carbonyl (C=O) groups is 1. The number of ketones is 1. The summed E-state index contributed by atoms with van der Waals surface area (Å²) >= 11 is 3.51. The molecule has 4 aromatic rings. The molecule has 0 aliphatic rings. The monoisotopic (exact) mass is 422 g/mol. The van der Waals surface area contributed by atoms with E-state index in [-0.39, 0.29) is 17.5 Å². The van der Waals surface area contributed by atoms with Crippen LogP contribution < -0.4 is 0 Å². The molecule has 136 valence electrons. The highest BCUT2D eigenvalue weighted by molar-refractivity contribution is 9.10. The molecule has 0 aliphatic heterocycles. The van der Waals surface area contributed by atoms with E-state index in [4.69, 9.17) is 4.42 Å². The van der Waals surface area contributed by atoms with Crippen LogP contribution in [0, 0.1) is 5.92 Å². The van der Waals surface area contributed by atoms with Gasteiger partial charge in [-0.25, -0.2) is 0 Å². The third kappa shape index (κ3) is 3.26. The summed E-state index contributed by atoms with van der Waals surface area (Å²) in [5.74, 6) is 1.17. The van der Waals surface area contributed by atoms with Crippen LogP contribution in [0.1, 0.15) is 30.6 Å². The van der Waals surface area contributed by atoms with E-state index in [1.165, 1.54) is 0 Å². The number of aromatic hydroxyl groups is 1. The molecule has 0 spiro atoms. The largest absolute Gasteiger partial charge is 0.508 e. The van der Waals surface area contributed by atoms with Gasteiger partial charge in [0, 0.05) is 21.8 Å². The Hall–Kier alpha value is -2.59. The number of hydrogen-bond donors (Lipinski definition) is 1. The van der Waals surface area contributed by atoms with Crippen molar-refractivity contribution in [3.63, 3.8) is 0 Å². The first-order valence-corrected chi connectivity index (χ1v) is 9.70. The van der Waals surface area contributed by atoms with Crippen LogP contribution in [0.15, 0.2) is 63.5 Å². The first-order valence-electron chi connectivity index (χ1n) is 8.91. The number of hydrogen-bond acceptors (Lipinski definition) is 3. The number of Topliss-reactive ketones (excluding diaryl/α,β-unsaturated/α-hetero) is 1. The predicted molar refractivity (Wildman–Crippen MR) is 112 cm³/mol. The summed E-state index contributed by atoms with van der Waals surface area (Å²) < 4.78 is 6.91. The van der Waals surface area contributed by atoms with Gasteiger partial charge in [-0.05, 0) is 41.0 Å². The minimum Gasteiger partial charge on any atom is -0.508 e. The van der Waals surface area contributed by atoms with Gasteiger partial charge in [0.05, 0.1) is 5.56 Å². The zero-order valence-corrected chi connectivity index (χ0v) is 16.7. The number of phenolic OH excluding ortho intramolecular Hbond substituents is 1. The normalized spacial score (nSPS) is 11.6. The van der Waals surface area contributed by atoms with Crippen LogP contribution in [-0.4, -0.2) is 10.9 Å². The SMILES string of the molecule is CC(C)CC(=O)c1c(-c2ccc3cc(O)cc(Br)c3c2)oc2ccccc12. The van der Waals surface area contributed by atoms with Gasteiger partial charge in [0.2, 0.25) is 0 Å². The average Bonchev–Trinajstić information content (AvgIpc) is 3.00. The summed E-state index contributed by atoms with van der Waals surface area (Å²) in [7, 11) is 0. The van der Waals surface area contributed by atoms with Gasteiger partial charge in [-0.1, -0.05) is 60.1 Å². The lowest BCUT2D eigenvalue weighted by Crippen LogP contribution is -2.04. The minimum atomic E-state index is 0.0924. The number of carbonyl (C=O) groups excluding carboxylic acids is 1. The fourth-order valence-corrected chi connectivity index (χ4v) is 4.02. The van der Waals surface area contributed by atoms with E-state index in [0.29, 0.717) is 23.3 Å². The highest BCUT2D eigenvalue weighted by Crippen LogP contribution is 2.38. The van der Waals surface area contributed by atoms with Crippen LogP contribution in [-0.2, 0) is 0 Å². The molecule has 0 atom stereocenters. The van der Waals surface area contributed by atoms with Crippen molar-refractivity contribution in [3.8, 4) is 17.1 Å². The molecule has 0 fully saturated rings. The third-order valence-electron chi connectivity index (χ3n) is 4.62. The molecule has 4 heteroatoms. The molecule has 0 unspecified atom stereocenters. The quantitative estimate of drug-likeness (QED) is 0.362. The van der Waals surface area contributed by atoms with Crippen molar-refractivity contribution < 1.29 is 14.3 Å². The van der Waals surface area contributed by atoms with Gasteiger partial charge in [-0.15, -0.1) is 0 Å². The van der Waals surface area contributed by atoms with Crippen molar-refractivity contribution in [2.45, 2.75) is 20.3 Å². The second-order valence-electron chi connectivity index (χ2n) is 7.19. The number of fused-ring (bicyclic) bond motifs is 2. The lowest BCUT2D eigenvalue weighted by atomic mass is 9.95. The Bertz CT molecular complexity index is 1170. The molecule has 3 aromatic carbocycles. The van der Waals surface area contributed by atoms with E-state index < -0.39 is 0 Å². The van der Waals surface area contributed by atoms with Gasteiger partial charge in [0.1, 0.15) is 17.1 Å². The molecule has 0 aliphatic carbocycles. The average molecular weight is 423 g/mol. The molecule has 0 saturated heterocycles. The van der Waals surface area contributed by atoms with Crippen molar-refractivity contribution in [1.29, 1.82) is 0 Å². The molecular weight excluding hydrogens is 404 g/mol. The summed E-state index contributed by atoms with van der Waals surface area (Å²) in [4.78, 5) is 13.0. The second kappa shape index (κ2) is 6.86. The van der Waals surface area contributed by atoms with Crippen molar-refractivity contribution in [3.05, 3.63) is 64.6 Å². The fraction of sp³-hybridized carbons (Fsp3) is 0.174. The number of phenols is 1. The molecule has 3 nitrogen and oxygen atoms in total. The minimum absolute atomic E-state index is 0.0924. The molecule has 27 heavy (non-hydrogen) atoms. The Balaban J connectivity index is 1.96. The number of para-hydroxylation sites is 1. The van der Waals surface area contributed by atoms with Gasteiger partial charge in [-0.2, -0.15) is 0 Å². The van der Waals surface area contributed by atoms with Crippen LogP contribution in [0.2, 0.25) is 0 Å². The van der Waals surface area contributed by atoms with Crippen molar-refractivity contribution in [2.24, 2.45) is 5.92 Å². The van der Waals surface area contributed by atoms with Gasteiger partial charge >= 0.3 is 0 Å². The van der Waals surface area contributed by atoms with Crippen molar-refractivity contribution in [1.82, 2.24) is 0 Å². The smallest absolute Gasteiger partial charge is 0.167 e. The second-order valence-corrected chi connectivity index (χ2v) is 8.04. The number of rotatable bonds is 4. The Morgan fingerprint density at radius 3 is 2.63 bits per heavy atom. The van der Waals surface area contributed by atoms with Crippen LogP contribution in [0.4, 0.5) is 0 Å². The van der Waals surface area contributed by atoms with Crippen LogP contribution >= 0.6 is 15.9 Å². The topological polar surface area (TPSA) is 50.4 Å².